The summed E-state index contributed by atoms with van der Waals surface area (Å²) in [4.78, 5) is 22.9. The van der Waals surface area contributed by atoms with E-state index in [0.717, 1.165) is 4.57 Å². The number of nitrogens with zero attached hydrogens (tertiary/aromatic N) is 2. The molecule has 1 heterocycles. The molecule has 0 bridgehead atoms. The van der Waals surface area contributed by atoms with Crippen molar-refractivity contribution in [3.05, 3.63) is 39.7 Å². The molecule has 0 amide bonds. The highest BCUT2D eigenvalue weighted by atomic mass is 16.6. The Kier molecular flexibility index (Phi) is 6.35. The molecule has 1 aromatic heterocycles. The minimum absolute atomic E-state index is 0.0648. The predicted molar refractivity (Wildman–Crippen MR) is 78.4 cm³/mol. The van der Waals surface area contributed by atoms with Crippen molar-refractivity contribution >= 4 is 5.97 Å². The second-order valence-electron chi connectivity index (χ2n) is 4.66. The molecular weight excluding hydrogens is 288 g/mol. The van der Waals surface area contributed by atoms with E-state index in [2.05, 4.69) is 6.58 Å². The first-order chi connectivity index (χ1) is 10.4. The summed E-state index contributed by atoms with van der Waals surface area (Å²) in [5.74, 6) is -0.862. The Morgan fingerprint density at radius 3 is 2.73 bits per heavy atom. The largest absolute Gasteiger partial charge is 0.493 e. The standard InChI is InChI=1S/C15H18N2O5/c1-10(2)15(20)22-7-6-21-5-4-17-13(18)8-11(3)12(9-16)14(17)19/h8,19H,1,4-7H2,2-3H3. The SMILES string of the molecule is C=C(C)C(=O)OCCOCCn1c(O)c(C#N)c(C)cc1=O. The number of aromatic hydroxyl groups is 1. The van der Waals surface area contributed by atoms with Crippen molar-refractivity contribution in [2.75, 3.05) is 19.8 Å². The Labute approximate surface area is 128 Å². The van der Waals surface area contributed by atoms with Crippen molar-refractivity contribution < 1.29 is 19.4 Å². The first-order valence-electron chi connectivity index (χ1n) is 6.62. The van der Waals surface area contributed by atoms with Gasteiger partial charge in [-0.25, -0.2) is 4.79 Å². The summed E-state index contributed by atoms with van der Waals surface area (Å²) in [6.07, 6.45) is 0. The molecule has 0 spiro atoms. The molecule has 1 aromatic rings. The zero-order chi connectivity index (χ0) is 16.7. The van der Waals surface area contributed by atoms with E-state index in [1.807, 2.05) is 6.07 Å². The predicted octanol–water partition coefficient (Wildman–Crippen LogP) is 0.870. The number of aromatic nitrogens is 1. The summed E-state index contributed by atoms with van der Waals surface area (Å²) in [6, 6.07) is 3.13. The van der Waals surface area contributed by atoms with Gasteiger partial charge in [0, 0.05) is 11.6 Å². The number of carbonyl (C=O) groups excluding carboxylic acids is 1. The van der Waals surface area contributed by atoms with E-state index in [-0.39, 0.29) is 37.8 Å². The molecule has 1 N–H and O–H groups in total. The number of hydrogen-bond acceptors (Lipinski definition) is 6. The summed E-state index contributed by atoms with van der Waals surface area (Å²) < 4.78 is 11.1. The lowest BCUT2D eigenvalue weighted by Crippen LogP contribution is -2.23. The zero-order valence-corrected chi connectivity index (χ0v) is 12.6. The average molecular weight is 306 g/mol. The summed E-state index contributed by atoms with van der Waals surface area (Å²) in [6.45, 7) is 7.02. The van der Waals surface area contributed by atoms with Crippen LogP contribution < -0.4 is 5.56 Å². The maximum atomic E-state index is 11.8. The number of hydrogen-bond donors (Lipinski definition) is 1. The van der Waals surface area contributed by atoms with Crippen LogP contribution in [0.15, 0.2) is 23.0 Å². The maximum absolute atomic E-state index is 11.8. The highest BCUT2D eigenvalue weighted by Crippen LogP contribution is 2.16. The molecule has 0 fully saturated rings. The Balaban J connectivity index is 2.50. The third kappa shape index (κ3) is 4.46. The summed E-state index contributed by atoms with van der Waals surface area (Å²) in [5, 5.41) is 18.8. The second-order valence-corrected chi connectivity index (χ2v) is 4.66. The normalized spacial score (nSPS) is 10.0. The molecule has 0 aliphatic rings. The van der Waals surface area contributed by atoms with Gasteiger partial charge in [0.05, 0.1) is 19.8 Å². The zero-order valence-electron chi connectivity index (χ0n) is 12.6. The Bertz CT molecular complexity index is 670. The van der Waals surface area contributed by atoms with Gasteiger partial charge < -0.3 is 14.6 Å². The van der Waals surface area contributed by atoms with Gasteiger partial charge >= 0.3 is 5.97 Å². The van der Waals surface area contributed by atoms with E-state index in [9.17, 15) is 14.7 Å². The number of rotatable bonds is 7. The monoisotopic (exact) mass is 306 g/mol. The molecule has 7 heteroatoms. The van der Waals surface area contributed by atoms with Crippen LogP contribution >= 0.6 is 0 Å². The number of nitriles is 1. The first kappa shape index (κ1) is 17.5. The van der Waals surface area contributed by atoms with Crippen LogP contribution in [0.5, 0.6) is 5.88 Å². The van der Waals surface area contributed by atoms with Gasteiger partial charge in [0.25, 0.3) is 5.56 Å². The number of carbonyl (C=O) groups is 1. The lowest BCUT2D eigenvalue weighted by molar-refractivity contribution is -0.140. The van der Waals surface area contributed by atoms with Crippen molar-refractivity contribution in [2.24, 2.45) is 0 Å². The molecule has 0 aromatic carbocycles. The van der Waals surface area contributed by atoms with Crippen molar-refractivity contribution in [3.8, 4) is 11.9 Å². The van der Waals surface area contributed by atoms with Gasteiger partial charge in [-0.2, -0.15) is 5.26 Å². The van der Waals surface area contributed by atoms with E-state index < -0.39 is 11.5 Å². The highest BCUT2D eigenvalue weighted by Gasteiger charge is 2.12. The van der Waals surface area contributed by atoms with Gasteiger partial charge in [0.15, 0.2) is 0 Å². The molecule has 7 nitrogen and oxygen atoms in total. The van der Waals surface area contributed by atoms with E-state index in [1.54, 1.807) is 13.8 Å². The number of esters is 1. The summed E-state index contributed by atoms with van der Waals surface area (Å²) >= 11 is 0. The van der Waals surface area contributed by atoms with Gasteiger partial charge in [0.1, 0.15) is 18.2 Å². The second kappa shape index (κ2) is 8.00. The highest BCUT2D eigenvalue weighted by molar-refractivity contribution is 5.86. The molecule has 0 unspecified atom stereocenters. The summed E-state index contributed by atoms with van der Waals surface area (Å²) in [5.41, 5.74) is 0.385. The van der Waals surface area contributed by atoms with Crippen molar-refractivity contribution in [1.82, 2.24) is 4.57 Å². The molecule has 22 heavy (non-hydrogen) atoms. The average Bonchev–Trinajstić information content (AvgIpc) is 2.45. The Morgan fingerprint density at radius 2 is 2.14 bits per heavy atom. The Morgan fingerprint density at radius 1 is 1.45 bits per heavy atom. The fourth-order valence-electron chi connectivity index (χ4n) is 1.68. The van der Waals surface area contributed by atoms with E-state index in [0.29, 0.717) is 11.1 Å². The molecule has 0 saturated heterocycles. The van der Waals surface area contributed by atoms with E-state index in [4.69, 9.17) is 14.7 Å². The van der Waals surface area contributed by atoms with Crippen LogP contribution in [-0.4, -0.2) is 35.5 Å². The van der Waals surface area contributed by atoms with Crippen LogP contribution in [0.4, 0.5) is 0 Å². The van der Waals surface area contributed by atoms with Crippen molar-refractivity contribution in [3.63, 3.8) is 0 Å². The van der Waals surface area contributed by atoms with E-state index >= 15 is 0 Å². The fourth-order valence-corrected chi connectivity index (χ4v) is 1.68. The van der Waals surface area contributed by atoms with Crippen molar-refractivity contribution in [1.29, 1.82) is 5.26 Å². The number of pyridine rings is 1. The molecule has 0 aliphatic heterocycles. The molecule has 0 radical (unpaired) electrons. The molecule has 118 valence electrons. The van der Waals surface area contributed by atoms with E-state index in [1.165, 1.54) is 6.07 Å². The van der Waals surface area contributed by atoms with Crippen LogP contribution in [-0.2, 0) is 20.8 Å². The van der Waals surface area contributed by atoms with Gasteiger partial charge in [-0.05, 0) is 19.4 Å². The van der Waals surface area contributed by atoms with Gasteiger partial charge in [-0.1, -0.05) is 6.58 Å². The minimum atomic E-state index is -0.491. The van der Waals surface area contributed by atoms with Gasteiger partial charge in [-0.15, -0.1) is 0 Å². The molecule has 0 aliphatic carbocycles. The summed E-state index contributed by atoms with van der Waals surface area (Å²) in [7, 11) is 0. The number of aryl methyl sites for hydroxylation is 1. The minimum Gasteiger partial charge on any atom is -0.493 e. The van der Waals surface area contributed by atoms with Crippen molar-refractivity contribution in [2.45, 2.75) is 20.4 Å². The lowest BCUT2D eigenvalue weighted by atomic mass is 10.1. The van der Waals surface area contributed by atoms with Crippen LogP contribution in [0.2, 0.25) is 0 Å². The molecule has 0 atom stereocenters. The quantitative estimate of drug-likeness (QED) is 0.455. The number of ether oxygens (including phenoxy) is 2. The topological polar surface area (TPSA) is 102 Å². The van der Waals surface area contributed by atoms with Crippen LogP contribution in [0.1, 0.15) is 18.1 Å². The lowest BCUT2D eigenvalue weighted by Gasteiger charge is -2.11. The third-order valence-corrected chi connectivity index (χ3v) is 2.86. The maximum Gasteiger partial charge on any atom is 0.333 e. The third-order valence-electron chi connectivity index (χ3n) is 2.86. The van der Waals surface area contributed by atoms with Crippen LogP contribution in [0, 0.1) is 18.3 Å². The first-order valence-corrected chi connectivity index (χ1v) is 6.62. The molecule has 0 saturated carbocycles. The van der Waals surface area contributed by atoms with Crippen LogP contribution in [0.3, 0.4) is 0 Å². The fraction of sp³-hybridized carbons (Fsp3) is 0.400. The Hall–Kier alpha value is -2.59. The molecular formula is C15H18N2O5. The van der Waals surface area contributed by atoms with Gasteiger partial charge in [0.2, 0.25) is 5.88 Å². The smallest absolute Gasteiger partial charge is 0.333 e. The van der Waals surface area contributed by atoms with Crippen LogP contribution in [0.25, 0.3) is 0 Å². The molecule has 1 rings (SSSR count). The van der Waals surface area contributed by atoms with Gasteiger partial charge in [-0.3, -0.25) is 9.36 Å².